The molecule has 0 aliphatic heterocycles. The maximum absolute atomic E-state index is 10.6. The molecule has 92 valence electrons. The van der Waals surface area contributed by atoms with Gasteiger partial charge in [-0.15, -0.1) is 6.58 Å². The monoisotopic (exact) mass is 259 g/mol. The summed E-state index contributed by atoms with van der Waals surface area (Å²) in [5, 5.41) is 0. The molecule has 0 unspecified atom stereocenters. The minimum Gasteiger partial charge on any atom is -1.00 e. The summed E-state index contributed by atoms with van der Waals surface area (Å²) in [7, 11) is -3.84. The summed E-state index contributed by atoms with van der Waals surface area (Å²) in [5.41, 5.74) is 0. The topological polar surface area (TPSA) is 57.6 Å². The Balaban J connectivity index is -0.000000980. The Kier molecular flexibility index (Phi) is 12.7. The van der Waals surface area contributed by atoms with E-state index in [1.807, 2.05) is 4.90 Å². The molecule has 16 heavy (non-hydrogen) atoms. The molecule has 0 aliphatic carbocycles. The van der Waals surface area contributed by atoms with Gasteiger partial charge >= 0.3 is 29.6 Å². The molecule has 0 heterocycles. The van der Waals surface area contributed by atoms with E-state index in [0.717, 1.165) is 25.8 Å². The first-order valence-corrected chi connectivity index (χ1v) is 6.89. The Morgan fingerprint density at radius 1 is 1.38 bits per heavy atom. The van der Waals surface area contributed by atoms with Crippen molar-refractivity contribution in [2.75, 3.05) is 25.4 Å². The van der Waals surface area contributed by atoms with Crippen LogP contribution in [0.4, 0.5) is 0 Å². The van der Waals surface area contributed by atoms with E-state index in [4.69, 9.17) is 4.55 Å². The second-order valence-electron chi connectivity index (χ2n) is 3.58. The maximum atomic E-state index is 10.6. The fraction of sp³-hybridized carbons (Fsp3) is 0.800. The van der Waals surface area contributed by atoms with E-state index in [2.05, 4.69) is 13.5 Å². The molecular weight excluding hydrogens is 237 g/mol. The van der Waals surface area contributed by atoms with Crippen molar-refractivity contribution < 1.29 is 44.0 Å². The largest absolute Gasteiger partial charge is 1.00 e. The fourth-order valence-electron chi connectivity index (χ4n) is 1.31. The molecule has 0 rings (SSSR count). The quantitative estimate of drug-likeness (QED) is 0.241. The van der Waals surface area contributed by atoms with Crippen LogP contribution in [0.15, 0.2) is 12.7 Å². The second-order valence-corrected chi connectivity index (χ2v) is 5.15. The first kappa shape index (κ1) is 19.0. The number of unbranched alkanes of at least 4 members (excludes halogenated alkanes) is 2. The molecule has 0 aromatic heterocycles. The van der Waals surface area contributed by atoms with Gasteiger partial charge in [-0.3, -0.25) is 9.45 Å². The first-order valence-electron chi connectivity index (χ1n) is 5.28. The van der Waals surface area contributed by atoms with Crippen molar-refractivity contribution in [2.24, 2.45) is 0 Å². The predicted molar refractivity (Wildman–Crippen MR) is 63.7 cm³/mol. The molecule has 0 aliphatic rings. The van der Waals surface area contributed by atoms with E-state index in [1.165, 1.54) is 0 Å². The van der Waals surface area contributed by atoms with Crippen LogP contribution in [-0.2, 0) is 10.1 Å². The van der Waals surface area contributed by atoms with Gasteiger partial charge in [-0.25, -0.2) is 0 Å². The molecule has 1 N–H and O–H groups in total. The van der Waals surface area contributed by atoms with E-state index in [1.54, 1.807) is 6.08 Å². The van der Waals surface area contributed by atoms with E-state index in [0.29, 0.717) is 13.1 Å². The van der Waals surface area contributed by atoms with Crippen molar-refractivity contribution in [3.8, 4) is 0 Å². The van der Waals surface area contributed by atoms with Gasteiger partial charge in [-0.1, -0.05) is 25.8 Å². The van der Waals surface area contributed by atoms with Crippen molar-refractivity contribution in [3.63, 3.8) is 0 Å². The summed E-state index contributed by atoms with van der Waals surface area (Å²) in [4.78, 5) is 1.98. The third-order valence-electron chi connectivity index (χ3n) is 2.13. The zero-order chi connectivity index (χ0) is 11.7. The van der Waals surface area contributed by atoms with Crippen molar-refractivity contribution in [1.82, 2.24) is 4.90 Å². The Morgan fingerprint density at radius 3 is 2.44 bits per heavy atom. The van der Waals surface area contributed by atoms with Crippen molar-refractivity contribution in [1.29, 1.82) is 0 Å². The smallest absolute Gasteiger partial charge is 1.00 e. The Hall–Kier alpha value is 0.610. The van der Waals surface area contributed by atoms with Gasteiger partial charge in [0.25, 0.3) is 10.1 Å². The van der Waals surface area contributed by atoms with Crippen molar-refractivity contribution in [2.45, 2.75) is 26.2 Å². The molecule has 0 spiro atoms. The first-order chi connectivity index (χ1) is 6.99. The second kappa shape index (κ2) is 10.7. The molecule has 0 aromatic carbocycles. The molecular formula is C10H22NNaO3S. The van der Waals surface area contributed by atoms with Crippen LogP contribution in [0.1, 0.15) is 27.6 Å². The van der Waals surface area contributed by atoms with E-state index < -0.39 is 10.1 Å². The Labute approximate surface area is 123 Å². The average Bonchev–Trinajstić information content (AvgIpc) is 2.13. The van der Waals surface area contributed by atoms with Crippen molar-refractivity contribution in [3.05, 3.63) is 12.7 Å². The standard InChI is InChI=1S/C10H21NO3S.Na.H/c1-3-5-6-8-11(7-4-2)9-10-15(12,13)14;;/h4H,2-3,5-10H2,1H3,(H,12,13,14);;/q;+1;-1. The van der Waals surface area contributed by atoms with Crippen LogP contribution in [-0.4, -0.2) is 43.3 Å². The van der Waals surface area contributed by atoms with E-state index >= 15 is 0 Å². The van der Waals surface area contributed by atoms with Crippen LogP contribution < -0.4 is 29.6 Å². The van der Waals surface area contributed by atoms with Crippen LogP contribution in [0.2, 0.25) is 0 Å². The summed E-state index contributed by atoms with van der Waals surface area (Å²) in [6.07, 6.45) is 5.07. The minimum absolute atomic E-state index is 0. The van der Waals surface area contributed by atoms with E-state index in [9.17, 15) is 8.42 Å². The summed E-state index contributed by atoms with van der Waals surface area (Å²) >= 11 is 0. The van der Waals surface area contributed by atoms with Gasteiger partial charge < -0.3 is 1.43 Å². The maximum Gasteiger partial charge on any atom is 1.00 e. The van der Waals surface area contributed by atoms with Gasteiger partial charge in [0.15, 0.2) is 0 Å². The molecule has 0 saturated carbocycles. The van der Waals surface area contributed by atoms with Crippen LogP contribution in [0.25, 0.3) is 0 Å². The number of hydrogen-bond acceptors (Lipinski definition) is 3. The predicted octanol–water partition coefficient (Wildman–Crippen LogP) is -1.33. The minimum atomic E-state index is -3.84. The zero-order valence-electron chi connectivity index (χ0n) is 11.4. The molecule has 0 atom stereocenters. The number of nitrogens with zero attached hydrogens (tertiary/aromatic N) is 1. The molecule has 6 heteroatoms. The number of rotatable bonds is 9. The summed E-state index contributed by atoms with van der Waals surface area (Å²) in [5.74, 6) is -0.201. The fourth-order valence-corrected chi connectivity index (χ4v) is 1.80. The van der Waals surface area contributed by atoms with Gasteiger partial charge in [0.2, 0.25) is 0 Å². The molecule has 0 amide bonds. The number of hydrogen-bond donors (Lipinski definition) is 1. The van der Waals surface area contributed by atoms with Crippen LogP contribution >= 0.6 is 0 Å². The van der Waals surface area contributed by atoms with Gasteiger partial charge in [0.05, 0.1) is 5.75 Å². The van der Waals surface area contributed by atoms with Gasteiger partial charge in [0, 0.05) is 13.1 Å². The SMILES string of the molecule is C=CCN(CCCCC)CCS(=O)(=O)O.[H-].[Na+]. The molecule has 0 aromatic rings. The normalized spacial score (nSPS) is 11.2. The zero-order valence-corrected chi connectivity index (χ0v) is 13.2. The van der Waals surface area contributed by atoms with Crippen LogP contribution in [0.3, 0.4) is 0 Å². The molecule has 0 fully saturated rings. The summed E-state index contributed by atoms with van der Waals surface area (Å²) < 4.78 is 29.8. The van der Waals surface area contributed by atoms with Gasteiger partial charge in [-0.05, 0) is 13.0 Å². The molecule has 0 saturated heterocycles. The van der Waals surface area contributed by atoms with E-state index in [-0.39, 0.29) is 36.7 Å². The molecule has 0 bridgehead atoms. The summed E-state index contributed by atoms with van der Waals surface area (Å²) in [6, 6.07) is 0. The molecule has 0 radical (unpaired) electrons. The van der Waals surface area contributed by atoms with Gasteiger partial charge in [-0.2, -0.15) is 8.42 Å². The Morgan fingerprint density at radius 2 is 2.00 bits per heavy atom. The molecule has 4 nitrogen and oxygen atoms in total. The van der Waals surface area contributed by atoms with Crippen LogP contribution in [0.5, 0.6) is 0 Å². The van der Waals surface area contributed by atoms with Gasteiger partial charge in [0.1, 0.15) is 0 Å². The third kappa shape index (κ3) is 12.7. The summed E-state index contributed by atoms with van der Waals surface area (Å²) in [6.45, 7) is 7.63. The Bertz CT molecular complexity index is 273. The third-order valence-corrected chi connectivity index (χ3v) is 2.83. The van der Waals surface area contributed by atoms with Crippen LogP contribution in [0, 0.1) is 0 Å². The average molecular weight is 259 g/mol. The van der Waals surface area contributed by atoms with Crippen molar-refractivity contribution >= 4 is 10.1 Å².